The standard InChI is InChI=1S/C76H146O6/c1-4-7-10-13-16-19-22-25-28-31-34-37-40-42-45-48-51-54-57-60-63-66-69-75(78)81-72-73(82-76(79)70-67-64-61-58-55-52-49-46-43-39-36-33-30-27-24-21-18-15-12-9-6-3)71-80-74(77)68-65-62-59-56-53-50-47-44-41-38-35-32-29-26-23-20-17-14-11-8-5-2/h33,36,73H,4-32,34-35,37-72H2,1-3H3/b36-33-. The fourth-order valence-corrected chi connectivity index (χ4v) is 11.9. The molecule has 1 unspecified atom stereocenters. The summed E-state index contributed by atoms with van der Waals surface area (Å²) < 4.78 is 17.1. The molecular weight excluding hydrogens is 1010 g/mol. The van der Waals surface area contributed by atoms with Gasteiger partial charge in [0.05, 0.1) is 0 Å². The van der Waals surface area contributed by atoms with Crippen LogP contribution in [0.5, 0.6) is 0 Å². The molecule has 6 nitrogen and oxygen atoms in total. The average Bonchev–Trinajstić information content (AvgIpc) is 3.47. The van der Waals surface area contributed by atoms with Gasteiger partial charge >= 0.3 is 17.9 Å². The fraction of sp³-hybridized carbons (Fsp3) is 0.934. The van der Waals surface area contributed by atoms with Crippen LogP contribution in [-0.4, -0.2) is 37.2 Å². The predicted molar refractivity (Wildman–Crippen MR) is 358 cm³/mol. The van der Waals surface area contributed by atoms with Crippen molar-refractivity contribution in [1.82, 2.24) is 0 Å². The molecule has 0 aromatic heterocycles. The van der Waals surface area contributed by atoms with Gasteiger partial charge in [0.2, 0.25) is 0 Å². The maximum Gasteiger partial charge on any atom is 0.306 e. The topological polar surface area (TPSA) is 78.9 Å². The summed E-state index contributed by atoms with van der Waals surface area (Å²) in [5.41, 5.74) is 0. The van der Waals surface area contributed by atoms with Crippen molar-refractivity contribution in [2.45, 2.75) is 444 Å². The first-order valence-corrected chi connectivity index (χ1v) is 37.7. The van der Waals surface area contributed by atoms with E-state index in [1.165, 1.54) is 340 Å². The molecule has 1 atom stereocenters. The van der Waals surface area contributed by atoms with Crippen molar-refractivity contribution in [3.05, 3.63) is 12.2 Å². The largest absolute Gasteiger partial charge is 0.462 e. The minimum Gasteiger partial charge on any atom is -0.462 e. The van der Waals surface area contributed by atoms with Crippen LogP contribution < -0.4 is 0 Å². The van der Waals surface area contributed by atoms with E-state index >= 15 is 0 Å². The fourth-order valence-electron chi connectivity index (χ4n) is 11.9. The van der Waals surface area contributed by atoms with Gasteiger partial charge in [0.15, 0.2) is 6.10 Å². The Kier molecular flexibility index (Phi) is 70.0. The van der Waals surface area contributed by atoms with Crippen LogP contribution in [0.25, 0.3) is 0 Å². The lowest BCUT2D eigenvalue weighted by atomic mass is 10.0. The number of rotatable bonds is 71. The summed E-state index contributed by atoms with van der Waals surface area (Å²) in [4.78, 5) is 38.6. The number of hydrogen-bond donors (Lipinski definition) is 0. The molecule has 0 aromatic carbocycles. The highest BCUT2D eigenvalue weighted by Crippen LogP contribution is 2.20. The summed E-state index contributed by atoms with van der Waals surface area (Å²) >= 11 is 0. The SMILES string of the molecule is CCCCCCCCCC/C=C\CCCCCCCCCCCC(=O)OC(COC(=O)CCCCCCCCCCCCCCCCCCCCCCC)COC(=O)CCCCCCCCCCCCCCCCCCCCCCCC. The number of carbonyl (C=O) groups is 3. The lowest BCUT2D eigenvalue weighted by molar-refractivity contribution is -0.167. The number of allylic oxidation sites excluding steroid dienone is 2. The molecular formula is C76H146O6. The minimum absolute atomic E-state index is 0.0634. The molecule has 0 aromatic rings. The summed E-state index contributed by atoms with van der Waals surface area (Å²) in [6, 6.07) is 0. The molecule has 82 heavy (non-hydrogen) atoms. The number of hydrogen-bond acceptors (Lipinski definition) is 6. The van der Waals surface area contributed by atoms with E-state index in [-0.39, 0.29) is 31.1 Å². The second-order valence-electron chi connectivity index (χ2n) is 25.9. The molecule has 0 fully saturated rings. The average molecular weight is 1160 g/mol. The van der Waals surface area contributed by atoms with E-state index < -0.39 is 6.10 Å². The first kappa shape index (κ1) is 80.2. The van der Waals surface area contributed by atoms with Crippen LogP contribution in [0.1, 0.15) is 438 Å². The molecule has 0 amide bonds. The molecule has 0 aliphatic carbocycles. The number of ether oxygens (including phenoxy) is 3. The zero-order chi connectivity index (χ0) is 59.2. The maximum atomic E-state index is 13.0. The predicted octanol–water partition coefficient (Wildman–Crippen LogP) is 26.0. The van der Waals surface area contributed by atoms with Crippen LogP contribution in [0.3, 0.4) is 0 Å². The Labute approximate surface area is 513 Å². The van der Waals surface area contributed by atoms with Gasteiger partial charge in [-0.3, -0.25) is 14.4 Å². The van der Waals surface area contributed by atoms with Crippen LogP contribution >= 0.6 is 0 Å². The van der Waals surface area contributed by atoms with Crippen LogP contribution in [0.4, 0.5) is 0 Å². The van der Waals surface area contributed by atoms with Crippen molar-refractivity contribution in [1.29, 1.82) is 0 Å². The van der Waals surface area contributed by atoms with Gasteiger partial charge < -0.3 is 14.2 Å². The van der Waals surface area contributed by atoms with E-state index in [1.54, 1.807) is 0 Å². The first-order chi connectivity index (χ1) is 40.5. The summed E-state index contributed by atoms with van der Waals surface area (Å²) in [5.74, 6) is -0.824. The molecule has 0 N–H and O–H groups in total. The van der Waals surface area contributed by atoms with Gasteiger partial charge in [-0.2, -0.15) is 0 Å². The van der Waals surface area contributed by atoms with Gasteiger partial charge in [0.1, 0.15) is 13.2 Å². The highest BCUT2D eigenvalue weighted by molar-refractivity contribution is 5.71. The van der Waals surface area contributed by atoms with E-state index in [0.29, 0.717) is 19.3 Å². The molecule has 0 radical (unpaired) electrons. The van der Waals surface area contributed by atoms with Crippen LogP contribution in [0.15, 0.2) is 12.2 Å². The lowest BCUT2D eigenvalue weighted by Crippen LogP contribution is -2.30. The molecule has 0 saturated carbocycles. The Balaban J connectivity index is 4.28. The summed E-state index contributed by atoms with van der Waals surface area (Å²) in [6.45, 7) is 6.75. The lowest BCUT2D eigenvalue weighted by Gasteiger charge is -2.18. The van der Waals surface area contributed by atoms with E-state index in [4.69, 9.17) is 14.2 Å². The maximum absolute atomic E-state index is 13.0. The van der Waals surface area contributed by atoms with Gasteiger partial charge in [-0.1, -0.05) is 386 Å². The normalized spacial score (nSPS) is 12.0. The van der Waals surface area contributed by atoms with E-state index in [2.05, 4.69) is 32.9 Å². The first-order valence-electron chi connectivity index (χ1n) is 37.7. The molecule has 0 heterocycles. The Hall–Kier alpha value is -1.85. The second kappa shape index (κ2) is 71.6. The quantitative estimate of drug-likeness (QED) is 0.0261. The van der Waals surface area contributed by atoms with Gasteiger partial charge in [0.25, 0.3) is 0 Å². The third-order valence-corrected chi connectivity index (χ3v) is 17.5. The smallest absolute Gasteiger partial charge is 0.306 e. The van der Waals surface area contributed by atoms with Gasteiger partial charge in [0, 0.05) is 19.3 Å². The third kappa shape index (κ3) is 68.9. The molecule has 0 saturated heterocycles. The molecule has 0 aliphatic heterocycles. The second-order valence-corrected chi connectivity index (χ2v) is 25.9. The van der Waals surface area contributed by atoms with Crippen molar-refractivity contribution >= 4 is 17.9 Å². The summed E-state index contributed by atoms with van der Waals surface area (Å²) in [6.07, 6.45) is 86.8. The Morgan fingerprint density at radius 2 is 0.402 bits per heavy atom. The van der Waals surface area contributed by atoms with Gasteiger partial charge in [-0.05, 0) is 44.9 Å². The number of carbonyl (C=O) groups excluding carboxylic acids is 3. The molecule has 0 bridgehead atoms. The minimum atomic E-state index is -0.768. The van der Waals surface area contributed by atoms with Crippen molar-refractivity contribution < 1.29 is 28.6 Å². The Bertz CT molecular complexity index is 1280. The van der Waals surface area contributed by atoms with Crippen molar-refractivity contribution in [3.63, 3.8) is 0 Å². The summed E-state index contributed by atoms with van der Waals surface area (Å²) in [7, 11) is 0. The molecule has 0 spiro atoms. The highest BCUT2D eigenvalue weighted by atomic mass is 16.6. The molecule has 486 valence electrons. The van der Waals surface area contributed by atoms with Crippen molar-refractivity contribution in [3.8, 4) is 0 Å². The third-order valence-electron chi connectivity index (χ3n) is 17.5. The summed E-state index contributed by atoms with van der Waals surface area (Å²) in [5, 5.41) is 0. The molecule has 0 rings (SSSR count). The number of esters is 3. The van der Waals surface area contributed by atoms with Crippen LogP contribution in [0, 0.1) is 0 Å². The van der Waals surface area contributed by atoms with Gasteiger partial charge in [-0.25, -0.2) is 0 Å². The van der Waals surface area contributed by atoms with Gasteiger partial charge in [-0.15, -0.1) is 0 Å². The van der Waals surface area contributed by atoms with Crippen molar-refractivity contribution in [2.24, 2.45) is 0 Å². The highest BCUT2D eigenvalue weighted by Gasteiger charge is 2.20. The van der Waals surface area contributed by atoms with E-state index in [0.717, 1.165) is 57.8 Å². The Morgan fingerprint density at radius 3 is 0.610 bits per heavy atom. The Morgan fingerprint density at radius 1 is 0.232 bits per heavy atom. The van der Waals surface area contributed by atoms with E-state index in [9.17, 15) is 14.4 Å². The molecule has 0 aliphatic rings. The van der Waals surface area contributed by atoms with Crippen LogP contribution in [-0.2, 0) is 28.6 Å². The number of unbranched alkanes of at least 4 members (excludes halogenated alkanes) is 58. The monoisotopic (exact) mass is 1160 g/mol. The molecule has 6 heteroatoms. The van der Waals surface area contributed by atoms with E-state index in [1.807, 2.05) is 0 Å². The van der Waals surface area contributed by atoms with Crippen LogP contribution in [0.2, 0.25) is 0 Å². The zero-order valence-electron chi connectivity index (χ0n) is 56.1. The van der Waals surface area contributed by atoms with Crippen molar-refractivity contribution in [2.75, 3.05) is 13.2 Å². The zero-order valence-corrected chi connectivity index (χ0v) is 56.1.